The first-order valence-electron chi connectivity index (χ1n) is 7.04. The van der Waals surface area contributed by atoms with Crippen LogP contribution in [0.15, 0.2) is 12.3 Å². The Bertz CT molecular complexity index is 486. The van der Waals surface area contributed by atoms with Gasteiger partial charge in [0.1, 0.15) is 11.9 Å². The van der Waals surface area contributed by atoms with Gasteiger partial charge >= 0.3 is 0 Å². The highest BCUT2D eigenvalue weighted by molar-refractivity contribution is 5.57. The monoisotopic (exact) mass is 257 g/mol. The minimum absolute atomic E-state index is 0.379. The largest absolute Gasteiger partial charge is 0.355 e. The van der Waals surface area contributed by atoms with Gasteiger partial charge in [-0.25, -0.2) is 4.98 Å². The molecule has 0 aliphatic carbocycles. The van der Waals surface area contributed by atoms with Gasteiger partial charge in [0.2, 0.25) is 0 Å². The van der Waals surface area contributed by atoms with Crippen molar-refractivity contribution in [2.75, 3.05) is 18.0 Å². The van der Waals surface area contributed by atoms with Crippen molar-refractivity contribution in [1.29, 1.82) is 5.26 Å². The van der Waals surface area contributed by atoms with E-state index in [1.807, 2.05) is 13.0 Å². The van der Waals surface area contributed by atoms with Crippen molar-refractivity contribution < 1.29 is 0 Å². The van der Waals surface area contributed by atoms with Crippen LogP contribution in [0, 0.1) is 29.6 Å². The fourth-order valence-corrected chi connectivity index (χ4v) is 2.88. The molecule has 0 aromatic carbocycles. The van der Waals surface area contributed by atoms with Gasteiger partial charge in [0.25, 0.3) is 0 Å². The molecule has 1 aliphatic heterocycles. The Hall–Kier alpha value is -1.56. The summed E-state index contributed by atoms with van der Waals surface area (Å²) < 4.78 is 0. The van der Waals surface area contributed by atoms with Crippen LogP contribution in [0.25, 0.3) is 0 Å². The van der Waals surface area contributed by atoms with E-state index in [0.29, 0.717) is 5.41 Å². The Balaban J connectivity index is 2.15. The molecule has 1 aliphatic rings. The Morgan fingerprint density at radius 2 is 1.95 bits per heavy atom. The minimum atomic E-state index is 0.379. The lowest BCUT2D eigenvalue weighted by Gasteiger charge is -2.39. The van der Waals surface area contributed by atoms with E-state index in [2.05, 4.69) is 36.7 Å². The molecule has 3 nitrogen and oxygen atoms in total. The molecule has 102 valence electrons. The van der Waals surface area contributed by atoms with E-state index in [0.717, 1.165) is 36.0 Å². The highest BCUT2D eigenvalue weighted by Crippen LogP contribution is 2.35. The summed E-state index contributed by atoms with van der Waals surface area (Å²) in [5.74, 6) is 1.63. The second kappa shape index (κ2) is 5.21. The van der Waals surface area contributed by atoms with E-state index in [9.17, 15) is 5.26 Å². The van der Waals surface area contributed by atoms with Gasteiger partial charge < -0.3 is 4.90 Å². The number of nitriles is 1. The zero-order chi connectivity index (χ0) is 14.0. The van der Waals surface area contributed by atoms with Crippen LogP contribution in [-0.4, -0.2) is 18.1 Å². The molecule has 1 aromatic rings. The lowest BCUT2D eigenvalue weighted by atomic mass is 9.75. The molecular formula is C16H23N3. The molecule has 1 fully saturated rings. The summed E-state index contributed by atoms with van der Waals surface area (Å²) in [6.07, 6.45) is 4.18. The van der Waals surface area contributed by atoms with Gasteiger partial charge in [-0.3, -0.25) is 0 Å². The summed E-state index contributed by atoms with van der Waals surface area (Å²) in [5, 5.41) is 9.29. The predicted octanol–water partition coefficient (Wildman–Crippen LogP) is 3.52. The molecule has 0 saturated carbocycles. The number of pyridine rings is 1. The number of aromatic nitrogens is 1. The summed E-state index contributed by atoms with van der Waals surface area (Å²) in [7, 11) is 0. The molecular weight excluding hydrogens is 234 g/mol. The van der Waals surface area contributed by atoms with E-state index in [1.165, 1.54) is 12.8 Å². The van der Waals surface area contributed by atoms with Gasteiger partial charge in [-0.15, -0.1) is 0 Å². The van der Waals surface area contributed by atoms with Gasteiger partial charge in [-0.2, -0.15) is 5.26 Å². The smallest absolute Gasteiger partial charge is 0.146 e. The van der Waals surface area contributed by atoms with E-state index in [1.54, 1.807) is 6.20 Å². The molecule has 3 heteroatoms. The number of rotatable bonds is 1. The van der Waals surface area contributed by atoms with Gasteiger partial charge in [-0.1, -0.05) is 20.8 Å². The first kappa shape index (κ1) is 13.9. The van der Waals surface area contributed by atoms with Crippen LogP contribution in [0.2, 0.25) is 0 Å². The SMILES string of the molecule is Cc1ccnc(N2CCC(C(C)(C)C)CC2)c1C#N. The highest BCUT2D eigenvalue weighted by Gasteiger charge is 2.29. The normalized spacial score (nSPS) is 17.3. The summed E-state index contributed by atoms with van der Waals surface area (Å²) in [5.41, 5.74) is 2.13. The Morgan fingerprint density at radius 3 is 2.47 bits per heavy atom. The summed E-state index contributed by atoms with van der Waals surface area (Å²) in [6.45, 7) is 10.9. The van der Waals surface area contributed by atoms with Crippen LogP contribution in [0.3, 0.4) is 0 Å². The van der Waals surface area contributed by atoms with Gasteiger partial charge in [0, 0.05) is 19.3 Å². The van der Waals surface area contributed by atoms with Crippen LogP contribution in [-0.2, 0) is 0 Å². The van der Waals surface area contributed by atoms with Gasteiger partial charge in [-0.05, 0) is 42.7 Å². The van der Waals surface area contributed by atoms with Crippen LogP contribution in [0.5, 0.6) is 0 Å². The molecule has 0 unspecified atom stereocenters. The maximum Gasteiger partial charge on any atom is 0.146 e. The number of aryl methyl sites for hydroxylation is 1. The topological polar surface area (TPSA) is 39.9 Å². The fraction of sp³-hybridized carbons (Fsp3) is 0.625. The van der Waals surface area contributed by atoms with Crippen LogP contribution in [0.4, 0.5) is 5.82 Å². The molecule has 0 radical (unpaired) electrons. The average Bonchev–Trinajstić information content (AvgIpc) is 2.37. The van der Waals surface area contributed by atoms with Crippen LogP contribution < -0.4 is 4.90 Å². The van der Waals surface area contributed by atoms with Crippen molar-refractivity contribution >= 4 is 5.82 Å². The number of hydrogen-bond donors (Lipinski definition) is 0. The maximum absolute atomic E-state index is 9.29. The third-order valence-electron chi connectivity index (χ3n) is 4.27. The molecule has 0 bridgehead atoms. The van der Waals surface area contributed by atoms with Crippen molar-refractivity contribution in [2.24, 2.45) is 11.3 Å². The molecule has 0 spiro atoms. The van der Waals surface area contributed by atoms with Crippen molar-refractivity contribution in [3.8, 4) is 6.07 Å². The molecule has 0 N–H and O–H groups in total. The zero-order valence-electron chi connectivity index (χ0n) is 12.4. The average molecular weight is 257 g/mol. The maximum atomic E-state index is 9.29. The molecule has 1 saturated heterocycles. The lowest BCUT2D eigenvalue weighted by molar-refractivity contribution is 0.198. The second-order valence-electron chi connectivity index (χ2n) is 6.57. The molecule has 2 rings (SSSR count). The molecule has 0 atom stereocenters. The van der Waals surface area contributed by atoms with Crippen molar-refractivity contribution in [2.45, 2.75) is 40.5 Å². The first-order chi connectivity index (χ1) is 8.93. The Morgan fingerprint density at radius 1 is 1.32 bits per heavy atom. The number of anilines is 1. The van der Waals surface area contributed by atoms with E-state index >= 15 is 0 Å². The quantitative estimate of drug-likeness (QED) is 0.772. The van der Waals surface area contributed by atoms with E-state index in [4.69, 9.17) is 0 Å². The first-order valence-corrected chi connectivity index (χ1v) is 7.04. The summed E-state index contributed by atoms with van der Waals surface area (Å²) in [6, 6.07) is 4.21. The second-order valence-corrected chi connectivity index (χ2v) is 6.57. The van der Waals surface area contributed by atoms with Gasteiger partial charge in [0.05, 0.1) is 5.56 Å². The van der Waals surface area contributed by atoms with Crippen molar-refractivity contribution in [3.05, 3.63) is 23.4 Å². The summed E-state index contributed by atoms with van der Waals surface area (Å²) >= 11 is 0. The zero-order valence-corrected chi connectivity index (χ0v) is 12.4. The van der Waals surface area contributed by atoms with Crippen molar-refractivity contribution in [3.63, 3.8) is 0 Å². The third kappa shape index (κ3) is 2.89. The molecule has 2 heterocycles. The molecule has 1 aromatic heterocycles. The van der Waals surface area contributed by atoms with Crippen LogP contribution in [0.1, 0.15) is 44.7 Å². The number of piperidine rings is 1. The van der Waals surface area contributed by atoms with Crippen LogP contribution >= 0.6 is 0 Å². The highest BCUT2D eigenvalue weighted by atomic mass is 15.2. The number of hydrogen-bond acceptors (Lipinski definition) is 3. The lowest BCUT2D eigenvalue weighted by Crippen LogP contribution is -2.38. The standard InChI is InChI=1S/C16H23N3/c1-12-5-8-18-15(14(12)11-17)19-9-6-13(7-10-19)16(2,3)4/h5,8,13H,6-7,9-10H2,1-4H3. The number of nitrogens with zero attached hydrogens (tertiary/aromatic N) is 3. The van der Waals surface area contributed by atoms with E-state index in [-0.39, 0.29) is 0 Å². The molecule has 0 amide bonds. The van der Waals surface area contributed by atoms with Gasteiger partial charge in [0.15, 0.2) is 0 Å². The van der Waals surface area contributed by atoms with E-state index < -0.39 is 0 Å². The third-order valence-corrected chi connectivity index (χ3v) is 4.27. The predicted molar refractivity (Wildman–Crippen MR) is 78.1 cm³/mol. The minimum Gasteiger partial charge on any atom is -0.355 e. The summed E-state index contributed by atoms with van der Waals surface area (Å²) in [4.78, 5) is 6.70. The molecule has 19 heavy (non-hydrogen) atoms. The fourth-order valence-electron chi connectivity index (χ4n) is 2.88. The Kier molecular flexibility index (Phi) is 3.80. The van der Waals surface area contributed by atoms with Crippen molar-refractivity contribution in [1.82, 2.24) is 4.98 Å². The Labute approximate surface area is 116 Å².